The number of halogens is 4. The Hall–Kier alpha value is -3.96. The van der Waals surface area contributed by atoms with E-state index in [0.29, 0.717) is 47.0 Å². The Labute approximate surface area is 348 Å². The molecule has 4 aromatic rings. The Kier molecular flexibility index (Phi) is 10.7. The van der Waals surface area contributed by atoms with Crippen molar-refractivity contribution < 1.29 is 39.3 Å². The molecule has 8 nitrogen and oxygen atoms in total. The number of methoxy groups -OCH3 is 1. The van der Waals surface area contributed by atoms with Gasteiger partial charge in [0, 0.05) is 48.9 Å². The molecule has 4 aliphatic rings. The average Bonchev–Trinajstić information content (AvgIpc) is 3.55. The maximum absolute atomic E-state index is 17.4. The minimum atomic E-state index is -2.42. The van der Waals surface area contributed by atoms with Crippen LogP contribution in [0.15, 0.2) is 30.3 Å². The number of fused-ring (bicyclic) bond motifs is 4. The highest BCUT2D eigenvalue weighted by Gasteiger charge is 2.56. The van der Waals surface area contributed by atoms with E-state index in [1.54, 1.807) is 30.0 Å². The van der Waals surface area contributed by atoms with Crippen molar-refractivity contribution in [2.75, 3.05) is 58.2 Å². The van der Waals surface area contributed by atoms with Crippen molar-refractivity contribution in [1.29, 1.82) is 0 Å². The number of hydrogen-bond donors (Lipinski definition) is 0. The monoisotopic (exact) mass is 834 g/mol. The number of nitrogens with zero attached hydrogens (tertiary/aromatic N) is 4. The van der Waals surface area contributed by atoms with Gasteiger partial charge in [0.1, 0.15) is 50.2 Å². The van der Waals surface area contributed by atoms with Gasteiger partial charge in [-0.3, -0.25) is 4.90 Å². The lowest BCUT2D eigenvalue weighted by atomic mass is 9.90. The second kappa shape index (κ2) is 16.1. The summed E-state index contributed by atoms with van der Waals surface area (Å²) in [5.41, 5.74) is 4.36. The fourth-order valence-corrected chi connectivity index (χ4v) is 15.8. The molecule has 0 radical (unpaired) electrons. The zero-order valence-electron chi connectivity index (χ0n) is 37.2. The van der Waals surface area contributed by atoms with E-state index in [0.717, 1.165) is 0 Å². The first kappa shape index (κ1) is 39.2. The summed E-state index contributed by atoms with van der Waals surface area (Å²) in [5.74, 6) is 2.22. The minimum Gasteiger partial charge on any atom is -0.468 e. The van der Waals surface area contributed by atoms with E-state index in [1.807, 2.05) is 4.90 Å². The van der Waals surface area contributed by atoms with Crippen molar-refractivity contribution in [2.24, 2.45) is 5.92 Å². The first-order valence-corrected chi connectivity index (χ1v) is 23.2. The van der Waals surface area contributed by atoms with Crippen LogP contribution >= 0.6 is 0 Å². The normalized spacial score (nSPS) is 25.2. The number of anilines is 1. The number of ether oxygens (including phenoxy) is 4. The van der Waals surface area contributed by atoms with E-state index in [2.05, 4.69) is 53.0 Å². The topological polar surface area (TPSA) is 69.2 Å². The van der Waals surface area contributed by atoms with Crippen LogP contribution in [0.1, 0.15) is 74.7 Å². The highest BCUT2D eigenvalue weighted by Crippen LogP contribution is 2.48. The first-order valence-electron chi connectivity index (χ1n) is 21.9. The number of rotatable bonds is 11. The van der Waals surface area contributed by atoms with Crippen LogP contribution in [0.3, 0.4) is 0 Å². The highest BCUT2D eigenvalue weighted by atomic mass is 28.3. The van der Waals surface area contributed by atoms with Gasteiger partial charge in [0.05, 0.1) is 38.6 Å². The van der Waals surface area contributed by atoms with Crippen molar-refractivity contribution >= 4 is 35.6 Å². The molecule has 4 fully saturated rings. The molecule has 3 saturated heterocycles. The molecule has 5 atom stereocenters. The highest BCUT2D eigenvalue weighted by molar-refractivity contribution is 6.90. The molecular formula is C46H56F4N4O4Si. The number of hydrogen-bond acceptors (Lipinski definition) is 8. The number of alkyl halides is 2. The minimum absolute atomic E-state index is 0.0446. The molecule has 1 aliphatic carbocycles. The lowest BCUT2D eigenvalue weighted by Crippen LogP contribution is -2.43. The Balaban J connectivity index is 1.38. The molecule has 0 N–H and O–H groups in total. The van der Waals surface area contributed by atoms with Gasteiger partial charge < -0.3 is 23.8 Å². The van der Waals surface area contributed by atoms with Crippen molar-refractivity contribution in [3.05, 3.63) is 53.1 Å². The summed E-state index contributed by atoms with van der Waals surface area (Å²) in [6.07, 6.45) is -1.41. The predicted octanol–water partition coefficient (Wildman–Crippen LogP) is 9.72. The van der Waals surface area contributed by atoms with Gasteiger partial charge >= 0.3 is 6.01 Å². The Morgan fingerprint density at radius 2 is 1.78 bits per heavy atom. The van der Waals surface area contributed by atoms with Gasteiger partial charge in [-0.1, -0.05) is 53.5 Å². The molecule has 0 bridgehead atoms. The van der Waals surface area contributed by atoms with E-state index >= 15 is 13.2 Å². The summed E-state index contributed by atoms with van der Waals surface area (Å²) in [6, 6.07) is 6.76. The summed E-state index contributed by atoms with van der Waals surface area (Å²) in [5, 5.41) is 1.23. The van der Waals surface area contributed by atoms with Gasteiger partial charge in [0.15, 0.2) is 6.79 Å². The summed E-state index contributed by atoms with van der Waals surface area (Å²) in [6.45, 7) is 13.6. The maximum Gasteiger partial charge on any atom is 0.319 e. The fourth-order valence-electron chi connectivity index (χ4n) is 10.6. The third kappa shape index (κ3) is 7.25. The van der Waals surface area contributed by atoms with E-state index in [-0.39, 0.29) is 90.0 Å². The summed E-state index contributed by atoms with van der Waals surface area (Å²) >= 11 is 0. The number of benzene rings is 3. The quantitative estimate of drug-likeness (QED) is 0.0641. The first-order chi connectivity index (χ1) is 29.0. The van der Waals surface area contributed by atoms with Crippen LogP contribution < -0.4 is 14.4 Å². The van der Waals surface area contributed by atoms with Gasteiger partial charge in [-0.25, -0.2) is 17.6 Å². The van der Waals surface area contributed by atoms with Crippen LogP contribution in [0.4, 0.5) is 23.4 Å². The summed E-state index contributed by atoms with van der Waals surface area (Å²) < 4.78 is 106. The zero-order chi connectivity index (χ0) is 43.8. The van der Waals surface area contributed by atoms with E-state index in [4.69, 9.17) is 28.9 Å². The van der Waals surface area contributed by atoms with E-state index < -0.39 is 56.1 Å². The second-order valence-corrected chi connectivity index (χ2v) is 23.3. The van der Waals surface area contributed by atoms with Crippen LogP contribution in [-0.4, -0.2) is 100 Å². The number of aryl methyl sites for hydroxylation is 1. The average molecular weight is 835 g/mol. The van der Waals surface area contributed by atoms with Crippen molar-refractivity contribution in [2.45, 2.75) is 108 Å². The van der Waals surface area contributed by atoms with Gasteiger partial charge in [-0.2, -0.15) is 9.97 Å². The van der Waals surface area contributed by atoms with Gasteiger partial charge in [0.25, 0.3) is 0 Å². The van der Waals surface area contributed by atoms with E-state index in [1.165, 1.54) is 19.2 Å². The van der Waals surface area contributed by atoms with Crippen LogP contribution in [0.25, 0.3) is 32.8 Å². The standard InChI is InChI=1S/C46H56F4N4O4Si/c1-26(2)59(27(3)4,28(5)6)17-12-33-37(48)11-10-30-18-32(58-25-55-8)19-34(40(30)33)39-29(7)42-35(20-38(39)49)44(54-15-16-56-23-36-41(50)43(36)54)52-45(51-42)57-24-46-13-9-14-53(46)22-31(47)21-46/h10-11,18-20,26-28,31,36,41,43H,9,13-16,21-25H2,1-8H3/t31-,36?,41?,43?,46+/m1/s1/i24D2. The third-order valence-corrected chi connectivity index (χ3v) is 19.7. The fraction of sp³-hybridized carbons (Fsp3) is 0.565. The molecule has 0 spiro atoms. The van der Waals surface area contributed by atoms with Crippen molar-refractivity contribution in [3.8, 4) is 34.4 Å². The van der Waals surface area contributed by atoms with Crippen molar-refractivity contribution in [1.82, 2.24) is 14.9 Å². The van der Waals surface area contributed by atoms with Gasteiger partial charge in [0.2, 0.25) is 0 Å². The lowest BCUT2D eigenvalue weighted by Gasteiger charge is -2.38. The number of aromatic nitrogens is 2. The summed E-state index contributed by atoms with van der Waals surface area (Å²) in [4.78, 5) is 13.1. The molecule has 4 heterocycles. The zero-order valence-corrected chi connectivity index (χ0v) is 36.2. The van der Waals surface area contributed by atoms with Crippen LogP contribution in [-0.2, 0) is 9.47 Å². The maximum atomic E-state index is 17.4. The molecule has 8 rings (SSSR count). The molecule has 3 unspecified atom stereocenters. The smallest absolute Gasteiger partial charge is 0.319 e. The summed E-state index contributed by atoms with van der Waals surface area (Å²) in [7, 11) is -0.865. The van der Waals surface area contributed by atoms with Crippen LogP contribution in [0.2, 0.25) is 16.6 Å². The van der Waals surface area contributed by atoms with Crippen LogP contribution in [0.5, 0.6) is 11.8 Å². The lowest BCUT2D eigenvalue weighted by molar-refractivity contribution is 0.0512. The van der Waals surface area contributed by atoms with Crippen molar-refractivity contribution in [3.63, 3.8) is 0 Å². The molecule has 59 heavy (non-hydrogen) atoms. The largest absolute Gasteiger partial charge is 0.468 e. The van der Waals surface area contributed by atoms with Gasteiger partial charge in [-0.15, -0.1) is 5.54 Å². The van der Waals surface area contributed by atoms with Gasteiger partial charge in [-0.05, 0) is 83.7 Å². The predicted molar refractivity (Wildman–Crippen MR) is 226 cm³/mol. The molecular weight excluding hydrogens is 777 g/mol. The molecule has 3 aliphatic heterocycles. The van der Waals surface area contributed by atoms with Crippen LogP contribution in [0, 0.1) is 35.9 Å². The molecule has 1 saturated carbocycles. The molecule has 1 aromatic heterocycles. The Morgan fingerprint density at radius 1 is 1.02 bits per heavy atom. The van der Waals surface area contributed by atoms with E-state index in [9.17, 15) is 7.13 Å². The SMILES string of the molecule is [2H]C([2H])(Oc1nc(N2CCOCC3C(F)C32)c2cc(F)c(-c3cc(OCOC)cc4ccc(F)c(C#C[Si](C(C)C)(C(C)C)C(C)C)c34)c(C)c2n1)[C@@]12CCCN1C[C@H](F)C2. The Bertz CT molecular complexity index is 2390. The third-order valence-electron chi connectivity index (χ3n) is 13.5. The Morgan fingerprint density at radius 3 is 2.51 bits per heavy atom. The molecule has 0 amide bonds. The second-order valence-electron chi connectivity index (χ2n) is 17.7. The molecule has 13 heteroatoms. The molecule has 316 valence electrons. The molecule has 3 aromatic carbocycles.